The third kappa shape index (κ3) is 5.62. The molecule has 1 aliphatic rings. The zero-order valence-corrected chi connectivity index (χ0v) is 21.7. The predicted octanol–water partition coefficient (Wildman–Crippen LogP) is 5.07. The van der Waals surface area contributed by atoms with Crippen molar-refractivity contribution in [3.05, 3.63) is 101 Å². The number of aliphatic imine (C=N–C) groups is 1. The maximum absolute atomic E-state index is 13.5. The Morgan fingerprint density at radius 2 is 1.79 bits per heavy atom. The van der Waals surface area contributed by atoms with E-state index in [0.29, 0.717) is 22.2 Å². The summed E-state index contributed by atoms with van der Waals surface area (Å²) < 4.78 is 1.16. The summed E-state index contributed by atoms with van der Waals surface area (Å²) in [5, 5.41) is 11.1. The summed E-state index contributed by atoms with van der Waals surface area (Å²) in [6.07, 6.45) is 1.87. The van der Waals surface area contributed by atoms with Gasteiger partial charge in [0, 0.05) is 0 Å². The number of benzene rings is 3. The van der Waals surface area contributed by atoms with E-state index in [1.54, 1.807) is 4.90 Å². The average molecular weight is 528 g/mol. The number of para-hydroxylation sites is 1. The van der Waals surface area contributed by atoms with E-state index in [0.717, 1.165) is 26.5 Å². The molecule has 3 aromatic carbocycles. The van der Waals surface area contributed by atoms with Crippen LogP contribution in [0.3, 0.4) is 0 Å². The third-order valence-corrected chi connectivity index (χ3v) is 8.36. The van der Waals surface area contributed by atoms with Gasteiger partial charge in [0.1, 0.15) is 0 Å². The summed E-state index contributed by atoms with van der Waals surface area (Å²) >= 11 is 1.32. The van der Waals surface area contributed by atoms with Gasteiger partial charge in [-0.05, 0) is 0 Å². The minimum absolute atomic E-state index is 0.0572. The summed E-state index contributed by atoms with van der Waals surface area (Å²) in [5.41, 5.74) is 3.39. The third-order valence-electron chi connectivity index (χ3n) is 5.20. The first-order chi connectivity index (χ1) is 16.6. The van der Waals surface area contributed by atoms with E-state index in [1.165, 1.54) is 11.8 Å². The first kappa shape index (κ1) is 23.9. The van der Waals surface area contributed by atoms with Crippen LogP contribution in [0.15, 0.2) is 95.0 Å². The maximum atomic E-state index is 13.5. The second kappa shape index (κ2) is 11.2. The van der Waals surface area contributed by atoms with Crippen LogP contribution in [0.25, 0.3) is 0 Å². The molecule has 0 unspecified atom stereocenters. The molecule has 0 saturated carbocycles. The molecule has 1 fully saturated rings. The number of amidine groups is 1. The Bertz CT molecular complexity index is 1270. The van der Waals surface area contributed by atoms with Gasteiger partial charge < -0.3 is 0 Å². The zero-order chi connectivity index (χ0) is 23.9. The van der Waals surface area contributed by atoms with Gasteiger partial charge in [-0.2, -0.15) is 0 Å². The Kier molecular flexibility index (Phi) is 7.90. The Morgan fingerprint density at radius 1 is 1.09 bits per heavy atom. The fraction of sp³-hybridized carbons (Fsp3) is 0.148. The van der Waals surface area contributed by atoms with E-state index >= 15 is 0 Å². The summed E-state index contributed by atoms with van der Waals surface area (Å²) in [7, 11) is 1.94. The zero-order valence-electron chi connectivity index (χ0n) is 19.0. The molecule has 0 aromatic heterocycles. The van der Waals surface area contributed by atoms with Crippen molar-refractivity contribution in [3.8, 4) is 6.07 Å². The molecule has 0 atom stereocenters. The van der Waals surface area contributed by atoms with E-state index in [1.807, 2.05) is 97.0 Å². The number of rotatable bonds is 7. The Hall–Kier alpha value is -3.26. The summed E-state index contributed by atoms with van der Waals surface area (Å²) in [6, 6.07) is 27.8. The number of nitrogens with zero attached hydrogens (tertiary/aromatic N) is 4. The van der Waals surface area contributed by atoms with Gasteiger partial charge in [0.25, 0.3) is 0 Å². The number of hydrogen-bond donors (Lipinski definition) is 0. The molecular formula is C27H24AsN4OS. The second-order valence-electron chi connectivity index (χ2n) is 7.60. The van der Waals surface area contributed by atoms with Gasteiger partial charge in [-0.25, -0.2) is 0 Å². The van der Waals surface area contributed by atoms with Crippen molar-refractivity contribution in [1.29, 1.82) is 5.26 Å². The number of nitriles is 1. The minimum atomic E-state index is -0.0721. The number of amides is 1. The molecular weight excluding hydrogens is 503 g/mol. The Labute approximate surface area is 211 Å². The number of carbonyl (C=O) groups excluding carboxylic acids is 1. The van der Waals surface area contributed by atoms with E-state index in [-0.39, 0.29) is 21.7 Å². The molecule has 1 heterocycles. The average Bonchev–Trinajstić information content (AvgIpc) is 3.15. The van der Waals surface area contributed by atoms with Gasteiger partial charge in [-0.1, -0.05) is 0 Å². The predicted molar refractivity (Wildman–Crippen MR) is 142 cm³/mol. The van der Waals surface area contributed by atoms with Crippen molar-refractivity contribution in [3.63, 3.8) is 0 Å². The van der Waals surface area contributed by atoms with Gasteiger partial charge in [0.2, 0.25) is 0 Å². The van der Waals surface area contributed by atoms with Crippen molar-refractivity contribution in [2.24, 2.45) is 4.99 Å². The van der Waals surface area contributed by atoms with Crippen LogP contribution in [0.4, 0.5) is 11.4 Å². The van der Waals surface area contributed by atoms with Gasteiger partial charge in [0.05, 0.1) is 0 Å². The quantitative estimate of drug-likeness (QED) is 0.318. The second-order valence-corrected chi connectivity index (χ2v) is 11.6. The topological polar surface area (TPSA) is 59.7 Å². The fourth-order valence-corrected chi connectivity index (χ4v) is 6.17. The number of carbonyl (C=O) groups is 1. The molecule has 3 aromatic rings. The van der Waals surface area contributed by atoms with Crippen LogP contribution in [0, 0.1) is 11.3 Å². The molecule has 1 radical (unpaired) electrons. The van der Waals surface area contributed by atoms with Crippen LogP contribution in [-0.4, -0.2) is 38.8 Å². The summed E-state index contributed by atoms with van der Waals surface area (Å²) in [4.78, 5) is 22.7. The Morgan fingerprint density at radius 3 is 2.47 bits per heavy atom. The van der Waals surface area contributed by atoms with Gasteiger partial charge in [-0.15, -0.1) is 0 Å². The van der Waals surface area contributed by atoms with Crippen LogP contribution < -0.4 is 9.25 Å². The molecule has 1 saturated heterocycles. The molecule has 0 N–H and O–H groups in total. The van der Waals surface area contributed by atoms with Crippen LogP contribution in [0.1, 0.15) is 18.1 Å². The molecule has 1 aliphatic heterocycles. The molecule has 7 heteroatoms. The van der Waals surface area contributed by atoms with Crippen LogP contribution >= 0.6 is 11.8 Å². The molecule has 0 bridgehead atoms. The van der Waals surface area contributed by atoms with Gasteiger partial charge >= 0.3 is 212 Å². The van der Waals surface area contributed by atoms with Crippen LogP contribution in [-0.2, 0) is 11.3 Å². The number of anilines is 1. The molecule has 0 spiro atoms. The van der Waals surface area contributed by atoms with Gasteiger partial charge in [0.15, 0.2) is 0 Å². The SMILES string of the molecule is CC[As]c1ccc(C#N)cc1N=C1SC(=CN(C)c2ccccc2)C(=O)N1Cc1ccccc1. The molecule has 0 aliphatic carbocycles. The van der Waals surface area contributed by atoms with E-state index in [9.17, 15) is 10.1 Å². The van der Waals surface area contributed by atoms with Crippen molar-refractivity contribution >= 4 is 54.3 Å². The van der Waals surface area contributed by atoms with Crippen molar-refractivity contribution < 1.29 is 4.79 Å². The Balaban J connectivity index is 1.74. The standard InChI is InChI=1S/C27H24AsN4OS/c1-3-28-23-15-14-21(17-29)16-24(23)30-27-32(18-20-10-6-4-7-11-20)26(33)25(34-27)19-31(2)22-12-8-5-9-13-22/h4-16,19H,3,18H2,1-2H3. The van der Waals surface area contributed by atoms with Crippen molar-refractivity contribution in [1.82, 2.24) is 4.90 Å². The van der Waals surface area contributed by atoms with E-state index in [2.05, 4.69) is 13.0 Å². The molecule has 1 amide bonds. The normalized spacial score (nSPS) is 16.0. The van der Waals surface area contributed by atoms with Crippen LogP contribution in [0.5, 0.6) is 0 Å². The van der Waals surface area contributed by atoms with Crippen molar-refractivity contribution in [2.45, 2.75) is 18.7 Å². The summed E-state index contributed by atoms with van der Waals surface area (Å²) in [6.45, 7) is 2.59. The molecule has 169 valence electrons. The number of thioether (sulfide) groups is 1. The number of hydrogen-bond acceptors (Lipinski definition) is 5. The molecule has 5 nitrogen and oxygen atoms in total. The molecule has 34 heavy (non-hydrogen) atoms. The van der Waals surface area contributed by atoms with Gasteiger partial charge in [-0.3, -0.25) is 0 Å². The fourth-order valence-electron chi connectivity index (χ4n) is 3.49. The molecule has 4 rings (SSSR count). The van der Waals surface area contributed by atoms with E-state index in [4.69, 9.17) is 4.99 Å². The summed E-state index contributed by atoms with van der Waals surface area (Å²) in [5.74, 6) is -0.0721. The first-order valence-electron chi connectivity index (χ1n) is 10.9. The first-order valence-corrected chi connectivity index (χ1v) is 14.0. The monoisotopic (exact) mass is 527 g/mol. The van der Waals surface area contributed by atoms with E-state index < -0.39 is 0 Å². The van der Waals surface area contributed by atoms with Crippen LogP contribution in [0.2, 0.25) is 5.21 Å². The van der Waals surface area contributed by atoms with Crippen molar-refractivity contribution in [2.75, 3.05) is 11.9 Å².